The monoisotopic (exact) mass is 609 g/mol. The minimum Gasteiger partial charge on any atom is -0.489 e. The molecule has 2 unspecified atom stereocenters. The Labute approximate surface area is 244 Å². The highest BCUT2D eigenvalue weighted by Gasteiger charge is 2.58. The minimum atomic E-state index is -1.26. The molecule has 1 spiro atoms. The number of amides is 1. The summed E-state index contributed by atoms with van der Waals surface area (Å²) in [6, 6.07) is 33.9. The normalized spacial score (nSPS) is 22.0. The van der Waals surface area contributed by atoms with E-state index in [4.69, 9.17) is 14.6 Å². The maximum Gasteiger partial charge on any atom is 0.314 e. The Morgan fingerprint density at radius 2 is 1.82 bits per heavy atom. The van der Waals surface area contributed by atoms with Gasteiger partial charge in [0.05, 0.1) is 16.7 Å². The van der Waals surface area contributed by atoms with Gasteiger partial charge in [0.15, 0.2) is 0 Å². The highest BCUT2D eigenvalue weighted by Crippen LogP contribution is 2.53. The number of nitrogens with zero attached hydrogens (tertiary/aromatic N) is 2. The second-order valence-corrected chi connectivity index (χ2v) is 11.7. The Morgan fingerprint density at radius 1 is 1.02 bits per heavy atom. The zero-order chi connectivity index (χ0) is 27.1. The van der Waals surface area contributed by atoms with Crippen molar-refractivity contribution in [2.75, 3.05) is 0 Å². The van der Waals surface area contributed by atoms with E-state index in [1.54, 1.807) is 0 Å². The second kappa shape index (κ2) is 10.2. The van der Waals surface area contributed by atoms with Crippen LogP contribution in [0.25, 0.3) is 6.08 Å². The number of rotatable bonds is 5. The third kappa shape index (κ3) is 4.57. The molecule has 6 nitrogen and oxygen atoms in total. The summed E-state index contributed by atoms with van der Waals surface area (Å²) in [4.78, 5) is 13.7. The van der Waals surface area contributed by atoms with Crippen molar-refractivity contribution in [2.45, 2.75) is 24.9 Å². The van der Waals surface area contributed by atoms with Gasteiger partial charge in [-0.05, 0) is 64.9 Å². The van der Waals surface area contributed by atoms with Crippen LogP contribution in [0.3, 0.4) is 0 Å². The van der Waals surface area contributed by atoms with Crippen LogP contribution in [0.15, 0.2) is 118 Å². The number of nitrogens with one attached hydrogen (secondary N) is 1. The fourth-order valence-electron chi connectivity index (χ4n) is 5.28. The lowest BCUT2D eigenvalue weighted by Crippen LogP contribution is -2.61. The first-order valence-electron chi connectivity index (χ1n) is 13.0. The molecule has 3 aliphatic heterocycles. The predicted molar refractivity (Wildman–Crippen MR) is 161 cm³/mol. The van der Waals surface area contributed by atoms with E-state index in [2.05, 4.69) is 39.4 Å². The van der Waals surface area contributed by atoms with E-state index in [1.165, 1.54) is 0 Å². The molecular weight excluding hydrogens is 586 g/mol. The molecule has 1 saturated heterocycles. The number of halogens is 1. The third-order valence-electron chi connectivity index (χ3n) is 7.14. The first kappa shape index (κ1) is 25.0. The molecule has 198 valence electrons. The minimum absolute atomic E-state index is 0.112. The van der Waals surface area contributed by atoms with Crippen molar-refractivity contribution in [1.29, 1.82) is 0 Å². The summed E-state index contributed by atoms with van der Waals surface area (Å²) in [6.07, 6.45) is 2.67. The number of thioether (sulfide) groups is 1. The van der Waals surface area contributed by atoms with Crippen LogP contribution in [0.4, 0.5) is 4.79 Å². The molecule has 3 aliphatic rings. The van der Waals surface area contributed by atoms with Gasteiger partial charge in [0.2, 0.25) is 0 Å². The quantitative estimate of drug-likeness (QED) is 0.251. The van der Waals surface area contributed by atoms with Crippen molar-refractivity contribution in [1.82, 2.24) is 10.3 Å². The van der Waals surface area contributed by atoms with Crippen molar-refractivity contribution in [3.05, 3.63) is 135 Å². The van der Waals surface area contributed by atoms with Crippen LogP contribution in [-0.4, -0.2) is 21.8 Å². The first-order chi connectivity index (χ1) is 19.6. The topological polar surface area (TPSA) is 63.2 Å². The van der Waals surface area contributed by atoms with E-state index in [9.17, 15) is 4.79 Å². The molecule has 1 amide bonds. The number of ether oxygens (including phenoxy) is 2. The lowest BCUT2D eigenvalue weighted by atomic mass is 9.95. The molecule has 0 bridgehead atoms. The van der Waals surface area contributed by atoms with E-state index < -0.39 is 5.85 Å². The zero-order valence-corrected chi connectivity index (χ0v) is 23.7. The van der Waals surface area contributed by atoms with Gasteiger partial charge in [-0.3, -0.25) is 10.1 Å². The molecule has 0 aromatic heterocycles. The molecule has 1 fully saturated rings. The molecular formula is C32H24BrN3O3S. The molecule has 7 rings (SSSR count). The van der Waals surface area contributed by atoms with E-state index in [-0.39, 0.29) is 11.3 Å². The predicted octanol–water partition coefficient (Wildman–Crippen LogP) is 7.72. The number of hydrazone groups is 1. The Morgan fingerprint density at radius 3 is 2.65 bits per heavy atom. The molecule has 3 heterocycles. The number of hydrogen-bond donors (Lipinski definition) is 1. The fourth-order valence-corrected chi connectivity index (χ4v) is 6.57. The molecule has 0 saturated carbocycles. The molecule has 1 N–H and O–H groups in total. The summed E-state index contributed by atoms with van der Waals surface area (Å²) < 4.78 is 13.7. The molecule has 40 heavy (non-hydrogen) atoms. The SMILES string of the molecule is O=C1NC2(Oc3ccc(Br)cc3C3CC(c4ccccc4)=NN32)/C(=C/c2cccc(OCc3ccccc3)c2)S1. The molecule has 4 aromatic rings. The van der Waals surface area contributed by atoms with Crippen LogP contribution in [0, 0.1) is 0 Å². The standard InChI is InChI=1S/C32H24BrN3O3S/c33-24-14-15-29-26(18-24)28-19-27(23-11-5-2-6-12-23)35-36(28)32(39-29)30(40-31(37)34-32)17-22-10-7-13-25(16-22)38-20-21-8-3-1-4-9-21/h1-18,28H,19-20H2,(H,34,37)/b30-17-. The first-order valence-corrected chi connectivity index (χ1v) is 14.6. The van der Waals surface area contributed by atoms with Gasteiger partial charge < -0.3 is 9.47 Å². The van der Waals surface area contributed by atoms with Crippen LogP contribution in [-0.2, 0) is 6.61 Å². The van der Waals surface area contributed by atoms with E-state index >= 15 is 0 Å². The van der Waals surface area contributed by atoms with Gasteiger partial charge in [0, 0.05) is 16.5 Å². The van der Waals surface area contributed by atoms with Gasteiger partial charge >= 0.3 is 5.85 Å². The highest BCUT2D eigenvalue weighted by atomic mass is 79.9. The average molecular weight is 611 g/mol. The summed E-state index contributed by atoms with van der Waals surface area (Å²) >= 11 is 4.74. The highest BCUT2D eigenvalue weighted by molar-refractivity contribution is 9.10. The number of carbonyl (C=O) groups is 1. The maximum atomic E-state index is 13.0. The van der Waals surface area contributed by atoms with Crippen LogP contribution in [0.2, 0.25) is 0 Å². The van der Waals surface area contributed by atoms with E-state index in [0.717, 1.165) is 55.7 Å². The fraction of sp³-hybridized carbons (Fsp3) is 0.125. The van der Waals surface area contributed by atoms with Gasteiger partial charge in [0.1, 0.15) is 18.1 Å². The Bertz CT molecular complexity index is 1660. The summed E-state index contributed by atoms with van der Waals surface area (Å²) in [7, 11) is 0. The zero-order valence-electron chi connectivity index (χ0n) is 21.3. The molecule has 0 aliphatic carbocycles. The summed E-state index contributed by atoms with van der Waals surface area (Å²) in [5.74, 6) is 0.213. The van der Waals surface area contributed by atoms with Crippen molar-refractivity contribution in [3.8, 4) is 11.5 Å². The van der Waals surface area contributed by atoms with Crippen molar-refractivity contribution < 1.29 is 14.3 Å². The van der Waals surface area contributed by atoms with Gasteiger partial charge in [-0.2, -0.15) is 5.10 Å². The molecule has 0 radical (unpaired) electrons. The Kier molecular flexibility index (Phi) is 6.37. The number of hydrogen-bond acceptors (Lipinski definition) is 6. The lowest BCUT2D eigenvalue weighted by molar-refractivity contribution is -0.0949. The summed E-state index contributed by atoms with van der Waals surface area (Å²) in [6.45, 7) is 0.474. The molecule has 4 aromatic carbocycles. The van der Waals surface area contributed by atoms with Crippen LogP contribution < -0.4 is 14.8 Å². The maximum absolute atomic E-state index is 13.0. The van der Waals surface area contributed by atoms with Crippen molar-refractivity contribution >= 4 is 44.7 Å². The summed E-state index contributed by atoms with van der Waals surface area (Å²) in [5.41, 5.74) is 5.02. The van der Waals surface area contributed by atoms with Crippen LogP contribution in [0.5, 0.6) is 11.5 Å². The van der Waals surface area contributed by atoms with Crippen LogP contribution in [0.1, 0.15) is 34.7 Å². The van der Waals surface area contributed by atoms with Gasteiger partial charge in [-0.15, -0.1) is 0 Å². The Hall–Kier alpha value is -4.01. The average Bonchev–Trinajstić information content (AvgIpc) is 3.56. The Balaban J connectivity index is 1.27. The smallest absolute Gasteiger partial charge is 0.314 e. The van der Waals surface area contributed by atoms with Gasteiger partial charge in [-0.1, -0.05) is 88.7 Å². The van der Waals surface area contributed by atoms with Crippen molar-refractivity contribution in [3.63, 3.8) is 0 Å². The van der Waals surface area contributed by atoms with E-state index in [1.807, 2.05) is 96.0 Å². The van der Waals surface area contributed by atoms with Crippen molar-refractivity contribution in [2.24, 2.45) is 5.10 Å². The lowest BCUT2D eigenvalue weighted by Gasteiger charge is -2.45. The number of benzene rings is 4. The summed E-state index contributed by atoms with van der Waals surface area (Å²) in [5, 5.41) is 9.91. The number of carbonyl (C=O) groups excluding carboxylic acids is 1. The molecule has 2 atom stereocenters. The van der Waals surface area contributed by atoms with E-state index in [0.29, 0.717) is 17.9 Å². The van der Waals surface area contributed by atoms with Crippen LogP contribution >= 0.6 is 27.7 Å². The largest absolute Gasteiger partial charge is 0.489 e. The van der Waals surface area contributed by atoms with Gasteiger partial charge in [-0.25, -0.2) is 5.01 Å². The third-order valence-corrected chi connectivity index (χ3v) is 8.54. The van der Waals surface area contributed by atoms with Gasteiger partial charge in [0.25, 0.3) is 5.24 Å². The number of fused-ring (bicyclic) bond motifs is 4. The molecule has 8 heteroatoms. The second-order valence-electron chi connectivity index (χ2n) is 9.78.